The molecule has 0 fully saturated rings. The average molecular weight is 223 g/mol. The van der Waals surface area contributed by atoms with Crippen molar-refractivity contribution in [3.63, 3.8) is 0 Å². The monoisotopic (exact) mass is 223 g/mol. The minimum absolute atomic E-state index is 0.118. The quantitative estimate of drug-likeness (QED) is 0.572. The summed E-state index contributed by atoms with van der Waals surface area (Å²) < 4.78 is 5.31. The summed E-state index contributed by atoms with van der Waals surface area (Å²) in [6.07, 6.45) is 5.65. The first kappa shape index (κ1) is 12.9. The van der Waals surface area contributed by atoms with Gasteiger partial charge in [-0.3, -0.25) is 16.3 Å². The van der Waals surface area contributed by atoms with E-state index in [0.717, 1.165) is 24.2 Å². The Morgan fingerprint density at radius 3 is 2.62 bits per heavy atom. The molecular formula is C12H21N3O. The Labute approximate surface area is 97.2 Å². The summed E-state index contributed by atoms with van der Waals surface area (Å²) in [4.78, 5) is 4.05. The van der Waals surface area contributed by atoms with Crippen molar-refractivity contribution < 1.29 is 4.74 Å². The molecule has 4 nitrogen and oxygen atoms in total. The third-order valence-corrected chi connectivity index (χ3v) is 3.07. The van der Waals surface area contributed by atoms with Crippen LogP contribution in [0.3, 0.4) is 0 Å². The van der Waals surface area contributed by atoms with Gasteiger partial charge in [0.05, 0.1) is 19.3 Å². The summed E-state index contributed by atoms with van der Waals surface area (Å²) in [5, 5.41) is 0. The van der Waals surface area contributed by atoms with Crippen LogP contribution in [0.15, 0.2) is 18.5 Å². The van der Waals surface area contributed by atoms with Crippen molar-refractivity contribution in [3.8, 4) is 5.75 Å². The Hall–Kier alpha value is -1.13. The van der Waals surface area contributed by atoms with E-state index in [4.69, 9.17) is 10.6 Å². The van der Waals surface area contributed by atoms with Crippen molar-refractivity contribution in [2.75, 3.05) is 7.11 Å². The van der Waals surface area contributed by atoms with Crippen LogP contribution in [-0.2, 0) is 0 Å². The van der Waals surface area contributed by atoms with E-state index in [9.17, 15) is 0 Å². The van der Waals surface area contributed by atoms with Gasteiger partial charge in [0.25, 0.3) is 0 Å². The lowest BCUT2D eigenvalue weighted by atomic mass is 9.89. The van der Waals surface area contributed by atoms with E-state index >= 15 is 0 Å². The highest BCUT2D eigenvalue weighted by Gasteiger charge is 2.22. The van der Waals surface area contributed by atoms with Crippen molar-refractivity contribution in [2.24, 2.45) is 11.8 Å². The van der Waals surface area contributed by atoms with Gasteiger partial charge in [-0.1, -0.05) is 26.7 Å². The molecule has 0 aliphatic heterocycles. The second-order valence-corrected chi connectivity index (χ2v) is 3.84. The summed E-state index contributed by atoms with van der Waals surface area (Å²) in [7, 11) is 1.65. The molecule has 1 atom stereocenters. The number of pyridine rings is 1. The third kappa shape index (κ3) is 2.71. The van der Waals surface area contributed by atoms with Gasteiger partial charge in [0.15, 0.2) is 0 Å². The summed E-state index contributed by atoms with van der Waals surface area (Å²) in [5.41, 5.74) is 3.96. The fourth-order valence-electron chi connectivity index (χ4n) is 2.06. The van der Waals surface area contributed by atoms with Gasteiger partial charge >= 0.3 is 0 Å². The molecule has 0 radical (unpaired) electrons. The molecule has 0 amide bonds. The molecule has 4 heteroatoms. The molecule has 0 saturated carbocycles. The summed E-state index contributed by atoms with van der Waals surface area (Å²) >= 11 is 0. The maximum atomic E-state index is 5.65. The van der Waals surface area contributed by atoms with Crippen molar-refractivity contribution >= 4 is 0 Å². The number of rotatable bonds is 6. The number of hydrazine groups is 1. The molecule has 0 saturated heterocycles. The van der Waals surface area contributed by atoms with Crippen LogP contribution in [0.25, 0.3) is 0 Å². The maximum Gasteiger partial charge on any atom is 0.141 e. The Kier molecular flexibility index (Phi) is 5.22. The van der Waals surface area contributed by atoms with Crippen LogP contribution < -0.4 is 16.0 Å². The normalized spacial score (nSPS) is 12.8. The van der Waals surface area contributed by atoms with Crippen molar-refractivity contribution in [1.29, 1.82) is 0 Å². The lowest BCUT2D eigenvalue weighted by Gasteiger charge is -2.26. The Morgan fingerprint density at radius 1 is 1.44 bits per heavy atom. The average Bonchev–Trinajstić information content (AvgIpc) is 2.35. The van der Waals surface area contributed by atoms with E-state index in [1.54, 1.807) is 19.5 Å². The van der Waals surface area contributed by atoms with Gasteiger partial charge < -0.3 is 4.74 Å². The standard InChI is InChI=1S/C12H21N3O/c1-4-9(5-2)12(15-13)10-6-7-14-8-11(10)16-3/h6-9,12,15H,4-5,13H2,1-3H3. The molecule has 0 bridgehead atoms. The zero-order valence-electron chi connectivity index (χ0n) is 10.2. The van der Waals surface area contributed by atoms with Gasteiger partial charge in [0.1, 0.15) is 5.75 Å². The minimum atomic E-state index is 0.118. The molecule has 0 aliphatic carbocycles. The lowest BCUT2D eigenvalue weighted by Crippen LogP contribution is -2.33. The topological polar surface area (TPSA) is 60.2 Å². The van der Waals surface area contributed by atoms with Gasteiger partial charge in [0.2, 0.25) is 0 Å². The van der Waals surface area contributed by atoms with Crippen LogP contribution in [0.1, 0.15) is 38.3 Å². The number of aromatic nitrogens is 1. The van der Waals surface area contributed by atoms with Crippen LogP contribution in [0.5, 0.6) is 5.75 Å². The highest BCUT2D eigenvalue weighted by atomic mass is 16.5. The molecule has 1 aromatic heterocycles. The molecule has 1 rings (SSSR count). The molecule has 3 N–H and O–H groups in total. The van der Waals surface area contributed by atoms with Crippen LogP contribution >= 0.6 is 0 Å². The first-order chi connectivity index (χ1) is 7.78. The largest absolute Gasteiger partial charge is 0.495 e. The van der Waals surface area contributed by atoms with Crippen LogP contribution in [0.4, 0.5) is 0 Å². The number of hydrogen-bond donors (Lipinski definition) is 2. The number of hydrogen-bond acceptors (Lipinski definition) is 4. The summed E-state index contributed by atoms with van der Waals surface area (Å²) in [6.45, 7) is 4.35. The summed E-state index contributed by atoms with van der Waals surface area (Å²) in [6, 6.07) is 2.08. The van der Waals surface area contributed by atoms with E-state index in [1.165, 1.54) is 0 Å². The predicted molar refractivity (Wildman–Crippen MR) is 64.9 cm³/mol. The Morgan fingerprint density at radius 2 is 2.12 bits per heavy atom. The molecule has 1 aromatic rings. The zero-order chi connectivity index (χ0) is 12.0. The fourth-order valence-corrected chi connectivity index (χ4v) is 2.06. The molecule has 0 spiro atoms. The predicted octanol–water partition coefficient (Wildman–Crippen LogP) is 2.03. The van der Waals surface area contributed by atoms with Crippen LogP contribution in [0.2, 0.25) is 0 Å². The molecular weight excluding hydrogens is 202 g/mol. The van der Waals surface area contributed by atoms with Crippen molar-refractivity contribution in [2.45, 2.75) is 32.7 Å². The third-order valence-electron chi connectivity index (χ3n) is 3.07. The minimum Gasteiger partial charge on any atom is -0.495 e. The number of nitrogens with two attached hydrogens (primary N) is 1. The number of nitrogens with zero attached hydrogens (tertiary/aromatic N) is 1. The van der Waals surface area contributed by atoms with E-state index in [1.807, 2.05) is 6.07 Å². The molecule has 16 heavy (non-hydrogen) atoms. The molecule has 0 aromatic carbocycles. The van der Waals surface area contributed by atoms with E-state index < -0.39 is 0 Å². The van der Waals surface area contributed by atoms with E-state index in [0.29, 0.717) is 5.92 Å². The zero-order valence-corrected chi connectivity index (χ0v) is 10.2. The second kappa shape index (κ2) is 6.45. The van der Waals surface area contributed by atoms with Gasteiger partial charge in [0, 0.05) is 11.8 Å². The highest BCUT2D eigenvalue weighted by molar-refractivity contribution is 5.33. The van der Waals surface area contributed by atoms with Gasteiger partial charge in [-0.2, -0.15) is 0 Å². The van der Waals surface area contributed by atoms with Crippen molar-refractivity contribution in [3.05, 3.63) is 24.0 Å². The second-order valence-electron chi connectivity index (χ2n) is 3.84. The van der Waals surface area contributed by atoms with E-state index in [-0.39, 0.29) is 6.04 Å². The fraction of sp³-hybridized carbons (Fsp3) is 0.583. The molecule has 1 heterocycles. The van der Waals surface area contributed by atoms with Gasteiger partial charge in [-0.15, -0.1) is 0 Å². The smallest absolute Gasteiger partial charge is 0.141 e. The number of ether oxygens (including phenoxy) is 1. The van der Waals surface area contributed by atoms with Crippen molar-refractivity contribution in [1.82, 2.24) is 10.4 Å². The van der Waals surface area contributed by atoms with E-state index in [2.05, 4.69) is 24.3 Å². The van der Waals surface area contributed by atoms with Crippen LogP contribution in [0, 0.1) is 5.92 Å². The lowest BCUT2D eigenvalue weighted by molar-refractivity contribution is 0.328. The highest BCUT2D eigenvalue weighted by Crippen LogP contribution is 2.31. The van der Waals surface area contributed by atoms with Gasteiger partial charge in [-0.25, -0.2) is 0 Å². The number of nitrogens with one attached hydrogen (secondary N) is 1. The first-order valence-corrected chi connectivity index (χ1v) is 5.72. The summed E-state index contributed by atoms with van der Waals surface area (Å²) in [5.74, 6) is 6.94. The molecule has 0 aliphatic rings. The number of methoxy groups -OCH3 is 1. The Bertz CT molecular complexity index is 313. The molecule has 1 unspecified atom stereocenters. The molecule has 90 valence electrons. The van der Waals surface area contributed by atoms with Crippen LogP contribution in [-0.4, -0.2) is 12.1 Å². The first-order valence-electron chi connectivity index (χ1n) is 5.72. The SMILES string of the molecule is CCC(CC)C(NN)c1ccncc1OC. The van der Waals surface area contributed by atoms with Gasteiger partial charge in [-0.05, 0) is 12.0 Å². The Balaban J connectivity index is 3.02. The maximum absolute atomic E-state index is 5.65.